The topological polar surface area (TPSA) is 63.9 Å². The number of likely N-dealkylation sites (tertiary alicyclic amines) is 1. The molecule has 1 N–H and O–H groups in total. The monoisotopic (exact) mass is 414 g/mol. The van der Waals surface area contributed by atoms with E-state index in [9.17, 15) is 4.79 Å². The third-order valence-electron chi connectivity index (χ3n) is 5.65. The third-order valence-corrected chi connectivity index (χ3v) is 5.65. The highest BCUT2D eigenvalue weighted by Gasteiger charge is 2.21. The quantitative estimate of drug-likeness (QED) is 0.596. The maximum atomic E-state index is 12.2. The summed E-state index contributed by atoms with van der Waals surface area (Å²) in [5, 5.41) is 2.84. The molecule has 0 radical (unpaired) electrons. The highest BCUT2D eigenvalue weighted by atomic mass is 16.5. The predicted octanol–water partition coefficient (Wildman–Crippen LogP) is 4.00. The number of carbonyl (C=O) groups excluding carboxylic acids is 1. The smallest absolute Gasteiger partial charge is 0.251 e. The van der Waals surface area contributed by atoms with E-state index in [2.05, 4.69) is 23.2 Å². The summed E-state index contributed by atoms with van der Waals surface area (Å²) in [5.41, 5.74) is 0.614. The van der Waals surface area contributed by atoms with Crippen LogP contribution in [-0.2, 0) is 4.74 Å². The van der Waals surface area contributed by atoms with Gasteiger partial charge < -0.3 is 24.1 Å². The highest BCUT2D eigenvalue weighted by molar-refractivity contribution is 5.94. The Labute approximate surface area is 179 Å². The van der Waals surface area contributed by atoms with Gasteiger partial charge in [0.2, 0.25) is 0 Å². The van der Waals surface area contributed by atoms with Gasteiger partial charge in [0, 0.05) is 38.2 Å². The zero-order chi connectivity index (χ0) is 21.3. The third kappa shape index (κ3) is 6.61. The second kappa shape index (κ2) is 11.2. The zero-order valence-electron chi connectivity index (χ0n) is 18.4. The highest BCUT2D eigenvalue weighted by Crippen LogP contribution is 2.24. The number of aryl methyl sites for hydroxylation is 1. The number of furan rings is 1. The SMILES string of the molecule is COCCNC(=O)c1cccc(OC2CCN(CC[C@@H](C)c3ccc(C)o3)CC2)c1. The summed E-state index contributed by atoms with van der Waals surface area (Å²) in [7, 11) is 1.62. The Morgan fingerprint density at radius 1 is 1.27 bits per heavy atom. The van der Waals surface area contributed by atoms with Crippen LogP contribution in [0, 0.1) is 6.92 Å². The Kier molecular flexibility index (Phi) is 8.34. The van der Waals surface area contributed by atoms with Crippen molar-refractivity contribution in [2.75, 3.05) is 39.9 Å². The molecule has 0 aliphatic carbocycles. The zero-order valence-corrected chi connectivity index (χ0v) is 18.4. The lowest BCUT2D eigenvalue weighted by Gasteiger charge is -2.32. The Hall–Kier alpha value is -2.31. The average Bonchev–Trinajstić information content (AvgIpc) is 3.20. The van der Waals surface area contributed by atoms with Gasteiger partial charge in [-0.2, -0.15) is 0 Å². The molecule has 1 amide bonds. The lowest BCUT2D eigenvalue weighted by Crippen LogP contribution is -2.39. The minimum atomic E-state index is -0.104. The number of benzene rings is 1. The number of carbonyl (C=O) groups is 1. The van der Waals surface area contributed by atoms with Gasteiger partial charge in [-0.05, 0) is 63.1 Å². The fourth-order valence-corrected chi connectivity index (χ4v) is 3.76. The van der Waals surface area contributed by atoms with Gasteiger partial charge in [0.25, 0.3) is 5.91 Å². The maximum Gasteiger partial charge on any atom is 0.251 e. The molecular weight excluding hydrogens is 380 g/mol. The van der Waals surface area contributed by atoms with Crippen molar-refractivity contribution in [3.8, 4) is 5.75 Å². The summed E-state index contributed by atoms with van der Waals surface area (Å²) < 4.78 is 16.9. The van der Waals surface area contributed by atoms with Crippen molar-refractivity contribution in [2.45, 2.75) is 45.1 Å². The molecule has 164 valence electrons. The molecular formula is C24H34N2O4. The number of ether oxygens (including phenoxy) is 2. The van der Waals surface area contributed by atoms with Crippen LogP contribution in [0.1, 0.15) is 54.0 Å². The Morgan fingerprint density at radius 3 is 2.77 bits per heavy atom. The number of methoxy groups -OCH3 is 1. The van der Waals surface area contributed by atoms with Crippen molar-refractivity contribution >= 4 is 5.91 Å². The van der Waals surface area contributed by atoms with E-state index in [0.717, 1.165) is 56.2 Å². The molecule has 1 atom stereocenters. The lowest BCUT2D eigenvalue weighted by molar-refractivity contribution is 0.0927. The number of rotatable bonds is 10. The molecule has 1 saturated heterocycles. The van der Waals surface area contributed by atoms with Gasteiger partial charge in [-0.3, -0.25) is 4.79 Å². The van der Waals surface area contributed by atoms with E-state index < -0.39 is 0 Å². The van der Waals surface area contributed by atoms with Crippen molar-refractivity contribution in [1.29, 1.82) is 0 Å². The molecule has 1 aliphatic rings. The van der Waals surface area contributed by atoms with Gasteiger partial charge in [0.05, 0.1) is 6.61 Å². The fraction of sp³-hybridized carbons (Fsp3) is 0.542. The van der Waals surface area contributed by atoms with Gasteiger partial charge in [0.1, 0.15) is 23.4 Å². The Balaban J connectivity index is 1.41. The molecule has 2 heterocycles. The molecule has 30 heavy (non-hydrogen) atoms. The number of piperidine rings is 1. The van der Waals surface area contributed by atoms with Crippen molar-refractivity contribution in [3.05, 3.63) is 53.5 Å². The molecule has 1 aromatic carbocycles. The normalized spacial score (nSPS) is 16.4. The summed E-state index contributed by atoms with van der Waals surface area (Å²) in [5.74, 6) is 3.15. The predicted molar refractivity (Wildman–Crippen MR) is 117 cm³/mol. The molecule has 1 aromatic heterocycles. The van der Waals surface area contributed by atoms with Crippen molar-refractivity contribution in [2.24, 2.45) is 0 Å². The molecule has 0 spiro atoms. The van der Waals surface area contributed by atoms with Gasteiger partial charge >= 0.3 is 0 Å². The second-order valence-corrected chi connectivity index (χ2v) is 8.07. The van der Waals surface area contributed by atoms with Crippen molar-refractivity contribution in [1.82, 2.24) is 10.2 Å². The Morgan fingerprint density at radius 2 is 2.07 bits per heavy atom. The number of hydrogen-bond acceptors (Lipinski definition) is 5. The first kappa shape index (κ1) is 22.4. The average molecular weight is 415 g/mol. The van der Waals surface area contributed by atoms with Crippen LogP contribution >= 0.6 is 0 Å². The van der Waals surface area contributed by atoms with E-state index >= 15 is 0 Å². The van der Waals surface area contributed by atoms with E-state index in [1.165, 1.54) is 0 Å². The van der Waals surface area contributed by atoms with Gasteiger partial charge in [-0.15, -0.1) is 0 Å². The molecule has 0 bridgehead atoms. The molecule has 0 unspecified atom stereocenters. The van der Waals surface area contributed by atoms with E-state index in [4.69, 9.17) is 13.9 Å². The minimum absolute atomic E-state index is 0.104. The van der Waals surface area contributed by atoms with Crippen LogP contribution in [0.15, 0.2) is 40.8 Å². The molecule has 3 rings (SSSR count). The summed E-state index contributed by atoms with van der Waals surface area (Å²) in [6.07, 6.45) is 3.29. The van der Waals surface area contributed by atoms with Crippen molar-refractivity contribution < 1.29 is 18.7 Å². The second-order valence-electron chi connectivity index (χ2n) is 8.07. The molecule has 6 nitrogen and oxygen atoms in total. The summed E-state index contributed by atoms with van der Waals surface area (Å²) in [6.45, 7) is 8.36. The first-order valence-corrected chi connectivity index (χ1v) is 10.9. The summed E-state index contributed by atoms with van der Waals surface area (Å²) in [4.78, 5) is 14.7. The molecule has 2 aromatic rings. The molecule has 6 heteroatoms. The fourth-order valence-electron chi connectivity index (χ4n) is 3.76. The first-order valence-electron chi connectivity index (χ1n) is 10.9. The van der Waals surface area contributed by atoms with Crippen LogP contribution in [0.2, 0.25) is 0 Å². The van der Waals surface area contributed by atoms with Crippen LogP contribution in [0.3, 0.4) is 0 Å². The minimum Gasteiger partial charge on any atom is -0.490 e. The van der Waals surface area contributed by atoms with Crippen LogP contribution in [0.25, 0.3) is 0 Å². The standard InChI is InChI=1S/C24H34N2O4/c1-18(23-8-7-19(2)29-23)9-13-26-14-10-21(11-15-26)30-22-6-4-5-20(17-22)24(27)25-12-16-28-3/h4-8,17-18,21H,9-16H2,1-3H3,(H,25,27)/t18-/m1/s1. The number of hydrogen-bond donors (Lipinski definition) is 1. The van der Waals surface area contributed by atoms with E-state index in [0.29, 0.717) is 24.6 Å². The lowest BCUT2D eigenvalue weighted by atomic mass is 10.0. The van der Waals surface area contributed by atoms with Gasteiger partial charge in [0.15, 0.2) is 0 Å². The molecule has 1 fully saturated rings. The van der Waals surface area contributed by atoms with Gasteiger partial charge in [-0.25, -0.2) is 0 Å². The van der Waals surface area contributed by atoms with E-state index in [1.807, 2.05) is 31.2 Å². The maximum absolute atomic E-state index is 12.2. The molecule has 0 saturated carbocycles. The van der Waals surface area contributed by atoms with Crippen LogP contribution in [-0.4, -0.2) is 56.8 Å². The number of nitrogens with zero attached hydrogens (tertiary/aromatic N) is 1. The largest absolute Gasteiger partial charge is 0.490 e. The van der Waals surface area contributed by atoms with Crippen molar-refractivity contribution in [3.63, 3.8) is 0 Å². The Bertz CT molecular complexity index is 796. The van der Waals surface area contributed by atoms with Crippen LogP contribution < -0.4 is 10.1 Å². The number of amides is 1. The van der Waals surface area contributed by atoms with Crippen LogP contribution in [0.4, 0.5) is 0 Å². The van der Waals surface area contributed by atoms with E-state index in [-0.39, 0.29) is 12.0 Å². The summed E-state index contributed by atoms with van der Waals surface area (Å²) >= 11 is 0. The first-order chi connectivity index (χ1) is 14.5. The van der Waals surface area contributed by atoms with E-state index in [1.54, 1.807) is 13.2 Å². The molecule has 1 aliphatic heterocycles. The number of nitrogens with one attached hydrogen (secondary N) is 1. The summed E-state index contributed by atoms with van der Waals surface area (Å²) in [6, 6.07) is 11.5. The van der Waals surface area contributed by atoms with Crippen LogP contribution in [0.5, 0.6) is 5.75 Å². The van der Waals surface area contributed by atoms with Gasteiger partial charge in [-0.1, -0.05) is 13.0 Å².